The molecular formula is C14H14N4O3. The second-order valence-electron chi connectivity index (χ2n) is 4.29. The molecule has 2 aromatic rings. The van der Waals surface area contributed by atoms with Gasteiger partial charge in [-0.15, -0.1) is 0 Å². The first-order valence-corrected chi connectivity index (χ1v) is 6.25. The Balaban J connectivity index is 1.95. The van der Waals surface area contributed by atoms with Crippen LogP contribution in [0.2, 0.25) is 0 Å². The van der Waals surface area contributed by atoms with Crippen LogP contribution >= 0.6 is 0 Å². The molecule has 1 aromatic heterocycles. The van der Waals surface area contributed by atoms with Crippen molar-refractivity contribution in [2.45, 2.75) is 6.54 Å². The van der Waals surface area contributed by atoms with Gasteiger partial charge in [-0.05, 0) is 17.7 Å². The lowest BCUT2D eigenvalue weighted by Gasteiger charge is -2.06. The molecule has 1 heterocycles. The second-order valence-corrected chi connectivity index (χ2v) is 4.29. The Morgan fingerprint density at radius 1 is 1.24 bits per heavy atom. The molecule has 7 heteroatoms. The Morgan fingerprint density at radius 3 is 2.48 bits per heavy atom. The number of rotatable bonds is 5. The van der Waals surface area contributed by atoms with Crippen LogP contribution in [-0.2, 0) is 6.54 Å². The van der Waals surface area contributed by atoms with Gasteiger partial charge in [0, 0.05) is 31.9 Å². The number of non-ortho nitro benzene ring substituents is 1. The zero-order valence-corrected chi connectivity index (χ0v) is 11.4. The number of benzene rings is 1. The maximum absolute atomic E-state index is 11.9. The number of aromatic nitrogens is 1. The van der Waals surface area contributed by atoms with Crippen molar-refractivity contribution in [3.05, 3.63) is 63.8 Å². The Hall–Kier alpha value is -2.96. The fourth-order valence-corrected chi connectivity index (χ4v) is 1.70. The topological polar surface area (TPSA) is 97.2 Å². The first-order valence-electron chi connectivity index (χ1n) is 6.25. The third kappa shape index (κ3) is 3.75. The van der Waals surface area contributed by atoms with Gasteiger partial charge < -0.3 is 10.6 Å². The van der Waals surface area contributed by atoms with E-state index in [2.05, 4.69) is 15.6 Å². The highest BCUT2D eigenvalue weighted by Gasteiger charge is 2.07. The average Bonchev–Trinajstić information content (AvgIpc) is 2.53. The van der Waals surface area contributed by atoms with Crippen LogP contribution in [-0.4, -0.2) is 22.9 Å². The van der Waals surface area contributed by atoms with Crippen molar-refractivity contribution < 1.29 is 9.72 Å². The summed E-state index contributed by atoms with van der Waals surface area (Å²) in [7, 11) is 1.75. The minimum atomic E-state index is -0.461. The van der Waals surface area contributed by atoms with Crippen molar-refractivity contribution in [1.82, 2.24) is 10.3 Å². The van der Waals surface area contributed by atoms with Gasteiger partial charge in [-0.2, -0.15) is 0 Å². The molecule has 0 unspecified atom stereocenters. The van der Waals surface area contributed by atoms with E-state index in [0.29, 0.717) is 17.9 Å². The summed E-state index contributed by atoms with van der Waals surface area (Å²) in [5, 5.41) is 16.1. The number of nitrogens with zero attached hydrogens (tertiary/aromatic N) is 2. The Morgan fingerprint density at radius 2 is 1.95 bits per heavy atom. The molecule has 1 amide bonds. The van der Waals surface area contributed by atoms with Gasteiger partial charge in [-0.1, -0.05) is 12.1 Å². The molecule has 0 radical (unpaired) electrons. The summed E-state index contributed by atoms with van der Waals surface area (Å²) in [5.41, 5.74) is 1.27. The molecule has 0 saturated carbocycles. The summed E-state index contributed by atoms with van der Waals surface area (Å²) in [6, 6.07) is 9.42. The van der Waals surface area contributed by atoms with E-state index >= 15 is 0 Å². The number of carbonyl (C=O) groups is 1. The molecule has 21 heavy (non-hydrogen) atoms. The monoisotopic (exact) mass is 286 g/mol. The summed E-state index contributed by atoms with van der Waals surface area (Å²) in [6.07, 6.45) is 1.48. The van der Waals surface area contributed by atoms with Gasteiger partial charge in [0.25, 0.3) is 11.6 Å². The van der Waals surface area contributed by atoms with Crippen LogP contribution in [0.4, 0.5) is 11.5 Å². The van der Waals surface area contributed by atoms with Crippen molar-refractivity contribution in [3.63, 3.8) is 0 Å². The number of carbonyl (C=O) groups excluding carboxylic acids is 1. The predicted octanol–water partition coefficient (Wildman–Crippen LogP) is 1.96. The standard InChI is InChI=1S/C14H14N4O3/c1-15-13-7-4-11(9-16-13)14(19)17-8-10-2-5-12(6-3-10)18(20)21/h2-7,9H,8H2,1H3,(H,15,16)(H,17,19). The number of nitro groups is 1. The van der Waals surface area contributed by atoms with Gasteiger partial charge in [-0.3, -0.25) is 14.9 Å². The number of hydrogen-bond acceptors (Lipinski definition) is 5. The molecule has 1 aromatic carbocycles. The van der Waals surface area contributed by atoms with E-state index < -0.39 is 4.92 Å². The smallest absolute Gasteiger partial charge is 0.269 e. The molecule has 0 aliphatic heterocycles. The van der Waals surface area contributed by atoms with E-state index in [1.54, 1.807) is 31.3 Å². The zero-order chi connectivity index (χ0) is 15.2. The lowest BCUT2D eigenvalue weighted by molar-refractivity contribution is -0.384. The predicted molar refractivity (Wildman–Crippen MR) is 78.1 cm³/mol. The molecule has 0 aliphatic carbocycles. The number of hydrogen-bond donors (Lipinski definition) is 2. The van der Waals surface area contributed by atoms with Gasteiger partial charge in [0.2, 0.25) is 0 Å². The first kappa shape index (κ1) is 14.4. The van der Waals surface area contributed by atoms with Crippen LogP contribution in [0.25, 0.3) is 0 Å². The van der Waals surface area contributed by atoms with Crippen LogP contribution in [0.3, 0.4) is 0 Å². The van der Waals surface area contributed by atoms with Gasteiger partial charge in [0.1, 0.15) is 5.82 Å². The highest BCUT2D eigenvalue weighted by molar-refractivity contribution is 5.93. The van der Waals surface area contributed by atoms with E-state index in [-0.39, 0.29) is 11.6 Å². The van der Waals surface area contributed by atoms with Crippen LogP contribution < -0.4 is 10.6 Å². The second kappa shape index (κ2) is 6.47. The first-order chi connectivity index (χ1) is 10.1. The molecule has 0 aliphatic rings. The largest absolute Gasteiger partial charge is 0.373 e. The maximum atomic E-state index is 11.9. The zero-order valence-electron chi connectivity index (χ0n) is 11.4. The number of nitro benzene ring substituents is 1. The lowest BCUT2D eigenvalue weighted by Crippen LogP contribution is -2.22. The third-order valence-electron chi connectivity index (χ3n) is 2.88. The molecule has 0 atom stereocenters. The number of pyridine rings is 1. The van der Waals surface area contributed by atoms with Crippen molar-refractivity contribution in [1.29, 1.82) is 0 Å². The highest BCUT2D eigenvalue weighted by Crippen LogP contribution is 2.12. The van der Waals surface area contributed by atoms with Gasteiger partial charge in [0.15, 0.2) is 0 Å². The molecule has 0 saturated heterocycles. The summed E-state index contributed by atoms with van der Waals surface area (Å²) in [4.78, 5) is 26.0. The van der Waals surface area contributed by atoms with Crippen LogP contribution in [0.15, 0.2) is 42.6 Å². The average molecular weight is 286 g/mol. The molecule has 0 fully saturated rings. The third-order valence-corrected chi connectivity index (χ3v) is 2.88. The van der Waals surface area contributed by atoms with Crippen LogP contribution in [0.5, 0.6) is 0 Å². The Kier molecular flexibility index (Phi) is 4.45. The van der Waals surface area contributed by atoms with Crippen LogP contribution in [0, 0.1) is 10.1 Å². The van der Waals surface area contributed by atoms with E-state index in [0.717, 1.165) is 5.56 Å². The normalized spacial score (nSPS) is 9.95. The Labute approximate surface area is 121 Å². The quantitative estimate of drug-likeness (QED) is 0.647. The van der Waals surface area contributed by atoms with Gasteiger partial charge >= 0.3 is 0 Å². The van der Waals surface area contributed by atoms with E-state index in [1.165, 1.54) is 18.3 Å². The van der Waals surface area contributed by atoms with E-state index in [1.807, 2.05) is 0 Å². The van der Waals surface area contributed by atoms with Crippen molar-refractivity contribution in [2.75, 3.05) is 12.4 Å². The number of nitrogens with one attached hydrogen (secondary N) is 2. The molecule has 2 N–H and O–H groups in total. The molecule has 7 nitrogen and oxygen atoms in total. The molecule has 0 spiro atoms. The van der Waals surface area contributed by atoms with Crippen molar-refractivity contribution >= 4 is 17.4 Å². The lowest BCUT2D eigenvalue weighted by atomic mass is 10.2. The summed E-state index contributed by atoms with van der Waals surface area (Å²) < 4.78 is 0. The molecule has 0 bridgehead atoms. The van der Waals surface area contributed by atoms with E-state index in [4.69, 9.17) is 0 Å². The maximum Gasteiger partial charge on any atom is 0.269 e. The number of anilines is 1. The van der Waals surface area contributed by atoms with Crippen molar-refractivity contribution in [2.24, 2.45) is 0 Å². The highest BCUT2D eigenvalue weighted by atomic mass is 16.6. The Bertz CT molecular complexity index is 638. The fraction of sp³-hybridized carbons (Fsp3) is 0.143. The van der Waals surface area contributed by atoms with E-state index in [9.17, 15) is 14.9 Å². The van der Waals surface area contributed by atoms with Crippen molar-refractivity contribution in [3.8, 4) is 0 Å². The van der Waals surface area contributed by atoms with Gasteiger partial charge in [0.05, 0.1) is 10.5 Å². The SMILES string of the molecule is CNc1ccc(C(=O)NCc2ccc([N+](=O)[O-])cc2)cn1. The van der Waals surface area contributed by atoms with Gasteiger partial charge in [-0.25, -0.2) is 4.98 Å². The molecule has 2 rings (SSSR count). The minimum absolute atomic E-state index is 0.0249. The minimum Gasteiger partial charge on any atom is -0.373 e. The molecular weight excluding hydrogens is 272 g/mol. The number of amides is 1. The fourth-order valence-electron chi connectivity index (χ4n) is 1.70. The van der Waals surface area contributed by atoms with Crippen LogP contribution in [0.1, 0.15) is 15.9 Å². The summed E-state index contributed by atoms with van der Waals surface area (Å²) >= 11 is 0. The summed E-state index contributed by atoms with van der Waals surface area (Å²) in [5.74, 6) is 0.436. The summed E-state index contributed by atoms with van der Waals surface area (Å²) in [6.45, 7) is 0.296. The molecule has 108 valence electrons.